The predicted octanol–water partition coefficient (Wildman–Crippen LogP) is -0.0495. The highest BCUT2D eigenvalue weighted by molar-refractivity contribution is 5.17. The highest BCUT2D eigenvalue weighted by Gasteiger charge is 2.58. The zero-order valence-corrected chi connectivity index (χ0v) is 11.5. The zero-order chi connectivity index (χ0) is 14.7. The molecule has 0 amide bonds. The fourth-order valence-corrected chi connectivity index (χ4v) is 3.02. The van der Waals surface area contributed by atoms with Gasteiger partial charge >= 0.3 is 0 Å². The van der Waals surface area contributed by atoms with E-state index in [0.29, 0.717) is 12.8 Å². The van der Waals surface area contributed by atoms with E-state index in [1.54, 1.807) is 6.92 Å². The van der Waals surface area contributed by atoms with Gasteiger partial charge in [0.1, 0.15) is 11.2 Å². The van der Waals surface area contributed by atoms with E-state index in [1.165, 1.54) is 6.08 Å². The fourth-order valence-electron chi connectivity index (χ4n) is 3.02. The molecule has 1 rings (SSSR count). The summed E-state index contributed by atoms with van der Waals surface area (Å²) in [6, 6.07) is 0. The molecule has 1 aliphatic rings. The lowest BCUT2D eigenvalue weighted by molar-refractivity contribution is -0.239. The summed E-state index contributed by atoms with van der Waals surface area (Å²) in [7, 11) is 0. The van der Waals surface area contributed by atoms with Crippen LogP contribution in [0.25, 0.3) is 0 Å². The minimum absolute atomic E-state index is 0.207. The highest BCUT2D eigenvalue weighted by atomic mass is 16.4. The summed E-state index contributed by atoms with van der Waals surface area (Å²) >= 11 is 0. The topological polar surface area (TPSA) is 101 Å². The number of hydrogen-bond acceptors (Lipinski definition) is 5. The first-order valence-electron chi connectivity index (χ1n) is 6.84. The fraction of sp³-hybridized carbons (Fsp3) is 0.857. The molecule has 1 fully saturated rings. The van der Waals surface area contributed by atoms with Crippen molar-refractivity contribution in [2.75, 3.05) is 13.2 Å². The molecule has 112 valence electrons. The van der Waals surface area contributed by atoms with Crippen molar-refractivity contribution in [2.24, 2.45) is 5.41 Å². The van der Waals surface area contributed by atoms with Gasteiger partial charge in [-0.3, -0.25) is 0 Å². The number of hydrogen-bond donors (Lipinski definition) is 5. The Morgan fingerprint density at radius 1 is 1.21 bits per heavy atom. The Kier molecular flexibility index (Phi) is 5.15. The summed E-state index contributed by atoms with van der Waals surface area (Å²) in [5.74, 6) is 0. The lowest BCUT2D eigenvalue weighted by Crippen LogP contribution is -2.67. The lowest BCUT2D eigenvalue weighted by atomic mass is 9.62. The van der Waals surface area contributed by atoms with Crippen molar-refractivity contribution in [3.05, 3.63) is 12.7 Å². The van der Waals surface area contributed by atoms with Crippen LogP contribution in [0.2, 0.25) is 0 Å². The van der Waals surface area contributed by atoms with Crippen LogP contribution in [0, 0.1) is 5.41 Å². The summed E-state index contributed by atoms with van der Waals surface area (Å²) in [5.41, 5.74) is -4.63. The SMILES string of the molecule is C=CC1(O)CCCCC1(O)C(O)C(CC)(CO)CO. The van der Waals surface area contributed by atoms with Crippen molar-refractivity contribution in [3.8, 4) is 0 Å². The van der Waals surface area contributed by atoms with Gasteiger partial charge in [0.15, 0.2) is 0 Å². The van der Waals surface area contributed by atoms with Gasteiger partial charge in [-0.1, -0.05) is 25.8 Å². The molecule has 0 bridgehead atoms. The maximum atomic E-state index is 10.8. The molecule has 0 heterocycles. The van der Waals surface area contributed by atoms with Crippen molar-refractivity contribution >= 4 is 0 Å². The molecule has 5 nitrogen and oxygen atoms in total. The largest absolute Gasteiger partial charge is 0.396 e. The molecule has 0 aromatic carbocycles. The van der Waals surface area contributed by atoms with Gasteiger partial charge in [0.05, 0.1) is 19.3 Å². The third-order valence-electron chi connectivity index (χ3n) is 4.82. The Labute approximate surface area is 114 Å². The summed E-state index contributed by atoms with van der Waals surface area (Å²) < 4.78 is 0. The van der Waals surface area contributed by atoms with E-state index in [4.69, 9.17) is 0 Å². The average molecular weight is 274 g/mol. The average Bonchev–Trinajstić information content (AvgIpc) is 2.44. The van der Waals surface area contributed by atoms with E-state index in [2.05, 4.69) is 6.58 Å². The van der Waals surface area contributed by atoms with Gasteiger partial charge in [-0.15, -0.1) is 6.58 Å². The molecular weight excluding hydrogens is 248 g/mol. The second-order valence-electron chi connectivity index (χ2n) is 5.69. The summed E-state index contributed by atoms with van der Waals surface area (Å²) in [6.45, 7) is 4.34. The minimum Gasteiger partial charge on any atom is -0.396 e. The quantitative estimate of drug-likeness (QED) is 0.437. The predicted molar refractivity (Wildman–Crippen MR) is 71.5 cm³/mol. The molecule has 3 atom stereocenters. The van der Waals surface area contributed by atoms with Gasteiger partial charge in [0, 0.05) is 5.41 Å². The van der Waals surface area contributed by atoms with Gasteiger partial charge in [0.25, 0.3) is 0 Å². The molecule has 1 aliphatic carbocycles. The molecule has 5 N–H and O–H groups in total. The third kappa shape index (κ3) is 2.45. The van der Waals surface area contributed by atoms with Gasteiger partial charge < -0.3 is 25.5 Å². The van der Waals surface area contributed by atoms with Gasteiger partial charge in [-0.05, 0) is 19.3 Å². The monoisotopic (exact) mass is 274 g/mol. The highest BCUT2D eigenvalue weighted by Crippen LogP contribution is 2.46. The van der Waals surface area contributed by atoms with Crippen molar-refractivity contribution in [1.29, 1.82) is 0 Å². The Balaban J connectivity index is 3.18. The second-order valence-corrected chi connectivity index (χ2v) is 5.69. The second kappa shape index (κ2) is 5.89. The first-order valence-corrected chi connectivity index (χ1v) is 6.84. The summed E-state index contributed by atoms with van der Waals surface area (Å²) in [4.78, 5) is 0. The molecule has 0 aromatic rings. The molecule has 0 aliphatic heterocycles. The maximum Gasteiger partial charge on any atom is 0.123 e. The minimum atomic E-state index is -1.80. The van der Waals surface area contributed by atoms with Crippen LogP contribution in [-0.2, 0) is 0 Å². The number of aliphatic hydroxyl groups is 5. The van der Waals surface area contributed by atoms with Gasteiger partial charge in [-0.25, -0.2) is 0 Å². The van der Waals surface area contributed by atoms with E-state index in [0.717, 1.165) is 6.42 Å². The molecule has 0 radical (unpaired) electrons. The van der Waals surface area contributed by atoms with Crippen molar-refractivity contribution < 1.29 is 25.5 Å². The Hall–Kier alpha value is -0.460. The van der Waals surface area contributed by atoms with E-state index >= 15 is 0 Å². The van der Waals surface area contributed by atoms with Crippen LogP contribution in [0.5, 0.6) is 0 Å². The van der Waals surface area contributed by atoms with Crippen LogP contribution in [0.15, 0.2) is 12.7 Å². The van der Waals surface area contributed by atoms with Crippen molar-refractivity contribution in [1.82, 2.24) is 0 Å². The van der Waals surface area contributed by atoms with Crippen LogP contribution in [-0.4, -0.2) is 56.1 Å². The van der Waals surface area contributed by atoms with Crippen molar-refractivity contribution in [2.45, 2.75) is 56.3 Å². The van der Waals surface area contributed by atoms with Crippen LogP contribution in [0.4, 0.5) is 0 Å². The van der Waals surface area contributed by atoms with Crippen LogP contribution in [0.3, 0.4) is 0 Å². The first-order chi connectivity index (χ1) is 8.85. The molecule has 0 saturated heterocycles. The normalized spacial score (nSPS) is 34.0. The molecule has 0 aromatic heterocycles. The smallest absolute Gasteiger partial charge is 0.123 e. The zero-order valence-electron chi connectivity index (χ0n) is 11.5. The van der Waals surface area contributed by atoms with Gasteiger partial charge in [0.2, 0.25) is 0 Å². The summed E-state index contributed by atoms with van der Waals surface area (Å²) in [5, 5.41) is 50.8. The van der Waals surface area contributed by atoms with Crippen molar-refractivity contribution in [3.63, 3.8) is 0 Å². The maximum absolute atomic E-state index is 10.8. The Morgan fingerprint density at radius 2 is 1.74 bits per heavy atom. The van der Waals surface area contributed by atoms with Crippen LogP contribution in [0.1, 0.15) is 39.0 Å². The molecule has 19 heavy (non-hydrogen) atoms. The molecule has 0 spiro atoms. The molecule has 5 heteroatoms. The van der Waals surface area contributed by atoms with E-state index < -0.39 is 35.9 Å². The standard InChI is InChI=1S/C14H26O5/c1-3-12(9-15,10-16)11(17)14(19)8-6-5-7-13(14,18)4-2/h4,11,15-19H,2-3,5-10H2,1H3. The summed E-state index contributed by atoms with van der Waals surface area (Å²) in [6.07, 6.45) is 2.03. The van der Waals surface area contributed by atoms with Crippen LogP contribution < -0.4 is 0 Å². The van der Waals surface area contributed by atoms with Gasteiger partial charge in [-0.2, -0.15) is 0 Å². The van der Waals surface area contributed by atoms with E-state index in [1.807, 2.05) is 0 Å². The molecular formula is C14H26O5. The Morgan fingerprint density at radius 3 is 2.16 bits per heavy atom. The lowest BCUT2D eigenvalue weighted by Gasteiger charge is -2.52. The first kappa shape index (κ1) is 16.6. The molecule has 3 unspecified atom stereocenters. The van der Waals surface area contributed by atoms with Crippen LogP contribution >= 0.6 is 0 Å². The number of aliphatic hydroxyl groups excluding tert-OH is 3. The third-order valence-corrected chi connectivity index (χ3v) is 4.82. The Bertz CT molecular complexity index is 307. The molecule has 1 saturated carbocycles. The van der Waals surface area contributed by atoms with E-state index in [9.17, 15) is 25.5 Å². The number of rotatable bonds is 6. The van der Waals surface area contributed by atoms with E-state index in [-0.39, 0.29) is 12.8 Å².